The van der Waals surface area contributed by atoms with Crippen LogP contribution in [0, 0.1) is 10.1 Å². The Bertz CT molecular complexity index is 933. The SMILES string of the molecule is CCOC(=O)C1=C(C)NC(C(N)=O)=C(C(=O)OCC)C1c1cccc([N+](=O)[O-])c1. The molecule has 0 aromatic heterocycles. The number of nitro benzene ring substituents is 1. The van der Waals surface area contributed by atoms with Crippen LogP contribution >= 0.6 is 0 Å². The maximum atomic E-state index is 12.7. The number of nitrogens with one attached hydrogen (secondary N) is 1. The van der Waals surface area contributed by atoms with E-state index in [1.807, 2.05) is 0 Å². The third-order valence-electron chi connectivity index (χ3n) is 4.21. The van der Waals surface area contributed by atoms with Crippen molar-refractivity contribution in [1.29, 1.82) is 0 Å². The lowest BCUT2D eigenvalue weighted by Crippen LogP contribution is -2.38. The van der Waals surface area contributed by atoms with Gasteiger partial charge in [-0.1, -0.05) is 12.1 Å². The second kappa shape index (κ2) is 9.00. The van der Waals surface area contributed by atoms with Crippen molar-refractivity contribution >= 4 is 23.5 Å². The van der Waals surface area contributed by atoms with Gasteiger partial charge < -0.3 is 20.5 Å². The molecule has 154 valence electrons. The molecule has 3 N–H and O–H groups in total. The van der Waals surface area contributed by atoms with Crippen LogP contribution in [0.1, 0.15) is 32.3 Å². The summed E-state index contributed by atoms with van der Waals surface area (Å²) in [5, 5.41) is 13.9. The summed E-state index contributed by atoms with van der Waals surface area (Å²) in [7, 11) is 0. The van der Waals surface area contributed by atoms with Gasteiger partial charge in [0.15, 0.2) is 0 Å². The zero-order chi connectivity index (χ0) is 21.7. The number of primary amides is 1. The number of amides is 1. The number of nitrogens with two attached hydrogens (primary N) is 1. The molecule has 1 aliphatic heterocycles. The zero-order valence-electron chi connectivity index (χ0n) is 16.2. The lowest BCUT2D eigenvalue weighted by molar-refractivity contribution is -0.384. The standard InChI is InChI=1S/C19H21N3O7/c1-4-28-18(24)13-10(3)21-16(17(20)23)15(19(25)29-5-2)14(13)11-7-6-8-12(9-11)22(26)27/h6-9,14,21H,4-5H2,1-3H3,(H2,20,23). The molecule has 10 heteroatoms. The minimum Gasteiger partial charge on any atom is -0.463 e. The largest absolute Gasteiger partial charge is 0.463 e. The van der Waals surface area contributed by atoms with Gasteiger partial charge in [-0.05, 0) is 26.3 Å². The summed E-state index contributed by atoms with van der Waals surface area (Å²) < 4.78 is 10.2. The Kier molecular flexibility index (Phi) is 6.71. The van der Waals surface area contributed by atoms with E-state index in [-0.39, 0.29) is 47.0 Å². The van der Waals surface area contributed by atoms with Crippen molar-refractivity contribution in [2.45, 2.75) is 26.7 Å². The van der Waals surface area contributed by atoms with Gasteiger partial charge in [0.05, 0.1) is 35.2 Å². The van der Waals surface area contributed by atoms with Gasteiger partial charge in [-0.2, -0.15) is 0 Å². The summed E-state index contributed by atoms with van der Waals surface area (Å²) in [5.74, 6) is -3.69. The normalized spacial score (nSPS) is 16.2. The Hall–Kier alpha value is -3.69. The number of esters is 2. The molecular formula is C19H21N3O7. The van der Waals surface area contributed by atoms with Crippen LogP contribution in [0.2, 0.25) is 0 Å². The molecule has 0 spiro atoms. The number of carbonyl (C=O) groups is 3. The van der Waals surface area contributed by atoms with Crippen LogP contribution in [0.3, 0.4) is 0 Å². The van der Waals surface area contributed by atoms with E-state index in [0.717, 1.165) is 0 Å². The van der Waals surface area contributed by atoms with E-state index in [0.29, 0.717) is 0 Å². The third kappa shape index (κ3) is 4.42. The first-order valence-electron chi connectivity index (χ1n) is 8.83. The second-order valence-corrected chi connectivity index (χ2v) is 6.04. The predicted molar refractivity (Wildman–Crippen MR) is 101 cm³/mol. The number of ether oxygens (including phenoxy) is 2. The van der Waals surface area contributed by atoms with Gasteiger partial charge in [0.2, 0.25) is 0 Å². The van der Waals surface area contributed by atoms with E-state index in [2.05, 4.69) is 5.32 Å². The number of hydrogen-bond acceptors (Lipinski definition) is 8. The number of non-ortho nitro benzene ring substituents is 1. The topological polar surface area (TPSA) is 151 Å². The molecule has 0 bridgehead atoms. The van der Waals surface area contributed by atoms with Gasteiger partial charge in [-0.15, -0.1) is 0 Å². The molecule has 1 atom stereocenters. The number of hydrogen-bond donors (Lipinski definition) is 2. The number of dihydropyridines is 1. The molecule has 29 heavy (non-hydrogen) atoms. The molecule has 1 aromatic carbocycles. The van der Waals surface area contributed by atoms with Crippen molar-refractivity contribution in [1.82, 2.24) is 5.32 Å². The fourth-order valence-electron chi connectivity index (χ4n) is 3.08. The molecule has 2 rings (SSSR count). The maximum Gasteiger partial charge on any atom is 0.337 e. The van der Waals surface area contributed by atoms with Crippen molar-refractivity contribution < 1.29 is 28.8 Å². The summed E-state index contributed by atoms with van der Waals surface area (Å²) in [6.07, 6.45) is 0. The van der Waals surface area contributed by atoms with Crippen LogP contribution in [0.25, 0.3) is 0 Å². The number of carbonyl (C=O) groups excluding carboxylic acids is 3. The van der Waals surface area contributed by atoms with Crippen LogP contribution in [-0.4, -0.2) is 36.0 Å². The number of benzene rings is 1. The summed E-state index contributed by atoms with van der Waals surface area (Å²) >= 11 is 0. The molecule has 1 heterocycles. The van der Waals surface area contributed by atoms with Crippen molar-refractivity contribution in [2.75, 3.05) is 13.2 Å². The van der Waals surface area contributed by atoms with Gasteiger partial charge in [-0.3, -0.25) is 14.9 Å². The third-order valence-corrected chi connectivity index (χ3v) is 4.21. The number of rotatable bonds is 7. The van der Waals surface area contributed by atoms with Gasteiger partial charge >= 0.3 is 11.9 Å². The molecule has 0 aliphatic carbocycles. The first-order chi connectivity index (χ1) is 13.7. The molecule has 0 saturated heterocycles. The van der Waals surface area contributed by atoms with E-state index in [9.17, 15) is 24.5 Å². The van der Waals surface area contributed by atoms with E-state index in [1.165, 1.54) is 31.2 Å². The van der Waals surface area contributed by atoms with Crippen LogP contribution in [-0.2, 0) is 23.9 Å². The van der Waals surface area contributed by atoms with Crippen LogP contribution in [0.15, 0.2) is 46.8 Å². The Morgan fingerprint density at radius 1 is 1.14 bits per heavy atom. The minimum atomic E-state index is -1.14. The van der Waals surface area contributed by atoms with E-state index in [1.54, 1.807) is 13.8 Å². The fraction of sp³-hybridized carbons (Fsp3) is 0.316. The van der Waals surface area contributed by atoms with Crippen molar-refractivity contribution in [3.05, 3.63) is 62.5 Å². The molecule has 1 unspecified atom stereocenters. The molecule has 1 aromatic rings. The minimum absolute atomic E-state index is 0.00741. The lowest BCUT2D eigenvalue weighted by Gasteiger charge is -2.30. The highest BCUT2D eigenvalue weighted by molar-refractivity contribution is 6.07. The highest BCUT2D eigenvalue weighted by atomic mass is 16.6. The lowest BCUT2D eigenvalue weighted by atomic mass is 9.80. The highest BCUT2D eigenvalue weighted by Crippen LogP contribution is 2.40. The molecule has 1 aliphatic rings. The number of nitro groups is 1. The number of allylic oxidation sites excluding steroid dienone is 1. The molecule has 10 nitrogen and oxygen atoms in total. The highest BCUT2D eigenvalue weighted by Gasteiger charge is 2.40. The van der Waals surface area contributed by atoms with Crippen molar-refractivity contribution in [3.8, 4) is 0 Å². The quantitative estimate of drug-likeness (QED) is 0.394. The van der Waals surface area contributed by atoms with E-state index >= 15 is 0 Å². The molecular weight excluding hydrogens is 382 g/mol. The molecule has 0 saturated carbocycles. The van der Waals surface area contributed by atoms with E-state index < -0.39 is 28.7 Å². The summed E-state index contributed by atoms with van der Waals surface area (Å²) in [6.45, 7) is 4.78. The second-order valence-electron chi connectivity index (χ2n) is 6.04. The predicted octanol–water partition coefficient (Wildman–Crippen LogP) is 1.42. The van der Waals surface area contributed by atoms with Gasteiger partial charge in [0.25, 0.3) is 11.6 Å². The summed E-state index contributed by atoms with van der Waals surface area (Å²) in [5.41, 5.74) is 5.24. The molecule has 0 radical (unpaired) electrons. The average Bonchev–Trinajstić information content (AvgIpc) is 2.67. The Labute approximate surface area is 166 Å². The summed E-state index contributed by atoms with van der Waals surface area (Å²) in [6, 6.07) is 5.42. The number of nitrogens with zero attached hydrogens (tertiary/aromatic N) is 1. The maximum absolute atomic E-state index is 12.7. The fourth-order valence-corrected chi connectivity index (χ4v) is 3.08. The van der Waals surface area contributed by atoms with Crippen LogP contribution in [0.4, 0.5) is 5.69 Å². The van der Waals surface area contributed by atoms with Crippen molar-refractivity contribution in [2.24, 2.45) is 5.73 Å². The molecule has 0 fully saturated rings. The Morgan fingerprint density at radius 2 is 1.72 bits per heavy atom. The van der Waals surface area contributed by atoms with Crippen LogP contribution in [0.5, 0.6) is 0 Å². The monoisotopic (exact) mass is 403 g/mol. The molecule has 1 amide bonds. The first kappa shape index (κ1) is 21.6. The summed E-state index contributed by atoms with van der Waals surface area (Å²) in [4.78, 5) is 48.0. The average molecular weight is 403 g/mol. The Morgan fingerprint density at radius 3 is 2.24 bits per heavy atom. The van der Waals surface area contributed by atoms with Gasteiger partial charge in [0.1, 0.15) is 5.70 Å². The Balaban J connectivity index is 2.80. The van der Waals surface area contributed by atoms with Gasteiger partial charge in [0, 0.05) is 17.8 Å². The van der Waals surface area contributed by atoms with Crippen molar-refractivity contribution in [3.63, 3.8) is 0 Å². The smallest absolute Gasteiger partial charge is 0.337 e. The van der Waals surface area contributed by atoms with Crippen LogP contribution < -0.4 is 11.1 Å². The zero-order valence-corrected chi connectivity index (χ0v) is 16.2. The van der Waals surface area contributed by atoms with Gasteiger partial charge in [-0.25, -0.2) is 9.59 Å². The van der Waals surface area contributed by atoms with E-state index in [4.69, 9.17) is 15.2 Å². The first-order valence-corrected chi connectivity index (χ1v) is 8.83.